The Labute approximate surface area is 97.9 Å². The van der Waals surface area contributed by atoms with Gasteiger partial charge in [-0.3, -0.25) is 4.90 Å². The first kappa shape index (κ1) is 13.9. The number of hydrogen-bond donors (Lipinski definition) is 1. The van der Waals surface area contributed by atoms with Gasteiger partial charge in [-0.15, -0.1) is 0 Å². The number of nitrogens with zero attached hydrogens (tertiary/aromatic N) is 1. The van der Waals surface area contributed by atoms with Crippen LogP contribution < -0.4 is 5.73 Å². The second-order valence-electron chi connectivity index (χ2n) is 4.35. The largest absolute Gasteiger partial charge is 0.385 e. The lowest BCUT2D eigenvalue weighted by atomic mass is 10.1. The van der Waals surface area contributed by atoms with E-state index in [4.69, 9.17) is 10.5 Å². The summed E-state index contributed by atoms with van der Waals surface area (Å²) >= 11 is 0. The number of nitrogens with two attached hydrogens (primary N) is 1. The van der Waals surface area contributed by atoms with Gasteiger partial charge in [-0.2, -0.15) is 0 Å². The summed E-state index contributed by atoms with van der Waals surface area (Å²) in [7, 11) is -1.09. The summed E-state index contributed by atoms with van der Waals surface area (Å²) in [5, 5.41) is 0. The van der Waals surface area contributed by atoms with Crippen molar-refractivity contribution in [2.24, 2.45) is 5.73 Å². The van der Waals surface area contributed by atoms with E-state index in [1.807, 2.05) is 0 Å². The zero-order valence-corrected chi connectivity index (χ0v) is 10.7. The first-order valence-corrected chi connectivity index (χ1v) is 7.53. The number of ether oxygens (including phenoxy) is 1. The molecule has 0 spiro atoms. The van der Waals surface area contributed by atoms with Crippen LogP contribution in [0.3, 0.4) is 0 Å². The number of sulfone groups is 1. The van der Waals surface area contributed by atoms with E-state index in [1.54, 1.807) is 7.11 Å². The maximum absolute atomic E-state index is 11.2. The molecule has 1 fully saturated rings. The second kappa shape index (κ2) is 6.54. The van der Waals surface area contributed by atoms with Crippen molar-refractivity contribution in [3.63, 3.8) is 0 Å². The number of methoxy groups -OCH3 is 1. The molecule has 1 unspecified atom stereocenters. The van der Waals surface area contributed by atoms with Crippen molar-refractivity contribution in [1.29, 1.82) is 0 Å². The highest BCUT2D eigenvalue weighted by atomic mass is 32.2. The molecule has 0 aromatic heterocycles. The Morgan fingerprint density at radius 3 is 2.56 bits per heavy atom. The van der Waals surface area contributed by atoms with Gasteiger partial charge in [-0.25, -0.2) is 8.42 Å². The molecule has 1 aliphatic heterocycles. The van der Waals surface area contributed by atoms with Gasteiger partial charge in [0.2, 0.25) is 0 Å². The standard InChI is InChI=1S/C10H22N2O3S/c1-15-6-2-3-10(11)9-12-4-7-16(13,14)8-5-12/h10H,2-9,11H2,1H3. The third-order valence-electron chi connectivity index (χ3n) is 2.85. The molecule has 1 atom stereocenters. The summed E-state index contributed by atoms with van der Waals surface area (Å²) in [4.78, 5) is 2.14. The van der Waals surface area contributed by atoms with Gasteiger partial charge in [0.25, 0.3) is 0 Å². The van der Waals surface area contributed by atoms with Crippen molar-refractivity contribution in [2.75, 3.05) is 44.9 Å². The third-order valence-corrected chi connectivity index (χ3v) is 4.46. The van der Waals surface area contributed by atoms with E-state index in [0.29, 0.717) is 13.1 Å². The molecule has 0 aromatic carbocycles. The van der Waals surface area contributed by atoms with Crippen LogP contribution in [0.4, 0.5) is 0 Å². The van der Waals surface area contributed by atoms with Gasteiger partial charge in [-0.05, 0) is 12.8 Å². The van der Waals surface area contributed by atoms with Crippen LogP contribution in [0.15, 0.2) is 0 Å². The van der Waals surface area contributed by atoms with E-state index in [-0.39, 0.29) is 17.5 Å². The van der Waals surface area contributed by atoms with Crippen molar-refractivity contribution in [3.8, 4) is 0 Å². The Balaban J connectivity index is 2.18. The van der Waals surface area contributed by atoms with E-state index in [2.05, 4.69) is 4.90 Å². The fourth-order valence-electron chi connectivity index (χ4n) is 1.85. The van der Waals surface area contributed by atoms with Gasteiger partial charge in [0, 0.05) is 39.4 Å². The smallest absolute Gasteiger partial charge is 0.152 e. The Morgan fingerprint density at radius 1 is 1.38 bits per heavy atom. The second-order valence-corrected chi connectivity index (χ2v) is 6.65. The summed E-state index contributed by atoms with van der Waals surface area (Å²) in [6, 6.07) is 0.121. The maximum Gasteiger partial charge on any atom is 0.152 e. The molecule has 2 N–H and O–H groups in total. The molecule has 5 nitrogen and oxygen atoms in total. The molecule has 1 saturated heterocycles. The lowest BCUT2D eigenvalue weighted by molar-refractivity contribution is 0.186. The van der Waals surface area contributed by atoms with Gasteiger partial charge in [0.1, 0.15) is 0 Å². The number of hydrogen-bond acceptors (Lipinski definition) is 5. The quantitative estimate of drug-likeness (QED) is 0.642. The first-order chi connectivity index (χ1) is 7.53. The van der Waals surface area contributed by atoms with Gasteiger partial charge in [0.05, 0.1) is 11.5 Å². The van der Waals surface area contributed by atoms with E-state index in [9.17, 15) is 8.42 Å². The molecule has 96 valence electrons. The average Bonchev–Trinajstić information content (AvgIpc) is 2.22. The molecule has 1 rings (SSSR count). The van der Waals surface area contributed by atoms with Crippen LogP contribution in [0, 0.1) is 0 Å². The van der Waals surface area contributed by atoms with Crippen molar-refractivity contribution >= 4 is 9.84 Å². The minimum Gasteiger partial charge on any atom is -0.385 e. The monoisotopic (exact) mass is 250 g/mol. The minimum atomic E-state index is -2.77. The predicted molar refractivity (Wildman–Crippen MR) is 64.2 cm³/mol. The van der Waals surface area contributed by atoms with Gasteiger partial charge >= 0.3 is 0 Å². The predicted octanol–water partition coefficient (Wildman–Crippen LogP) is -0.529. The van der Waals surface area contributed by atoms with Gasteiger partial charge in [0.15, 0.2) is 9.84 Å². The molecule has 0 aromatic rings. The molecule has 0 bridgehead atoms. The highest BCUT2D eigenvalue weighted by molar-refractivity contribution is 7.91. The number of rotatable bonds is 6. The molecule has 1 aliphatic rings. The lowest BCUT2D eigenvalue weighted by Gasteiger charge is -2.28. The highest BCUT2D eigenvalue weighted by Gasteiger charge is 2.22. The molecule has 16 heavy (non-hydrogen) atoms. The van der Waals surface area contributed by atoms with Crippen LogP contribution in [-0.4, -0.2) is 64.2 Å². The summed E-state index contributed by atoms with van der Waals surface area (Å²) < 4.78 is 27.4. The average molecular weight is 250 g/mol. The van der Waals surface area contributed by atoms with E-state index < -0.39 is 9.84 Å². The van der Waals surface area contributed by atoms with Crippen LogP contribution in [-0.2, 0) is 14.6 Å². The Morgan fingerprint density at radius 2 is 2.00 bits per heavy atom. The van der Waals surface area contributed by atoms with Crippen LogP contribution in [0.25, 0.3) is 0 Å². The molecular formula is C10H22N2O3S. The molecule has 0 radical (unpaired) electrons. The highest BCUT2D eigenvalue weighted by Crippen LogP contribution is 2.05. The third kappa shape index (κ3) is 5.25. The fraction of sp³-hybridized carbons (Fsp3) is 1.00. The van der Waals surface area contributed by atoms with Gasteiger partial charge < -0.3 is 10.5 Å². The maximum atomic E-state index is 11.2. The van der Waals surface area contributed by atoms with Gasteiger partial charge in [-0.1, -0.05) is 0 Å². The normalized spacial score (nSPS) is 23.1. The molecule has 0 amide bonds. The van der Waals surface area contributed by atoms with Crippen molar-refractivity contribution in [2.45, 2.75) is 18.9 Å². The summed E-state index contributed by atoms with van der Waals surface area (Å²) in [6.07, 6.45) is 1.89. The molecular weight excluding hydrogens is 228 g/mol. The van der Waals surface area contributed by atoms with Crippen molar-refractivity contribution in [1.82, 2.24) is 4.90 Å². The topological polar surface area (TPSA) is 72.6 Å². The van der Waals surface area contributed by atoms with Crippen LogP contribution in [0.2, 0.25) is 0 Å². The Hall–Kier alpha value is -0.170. The molecule has 0 saturated carbocycles. The minimum absolute atomic E-state index is 0.121. The SMILES string of the molecule is COCCCC(N)CN1CCS(=O)(=O)CC1. The van der Waals surface area contributed by atoms with E-state index >= 15 is 0 Å². The van der Waals surface area contributed by atoms with E-state index in [0.717, 1.165) is 26.0 Å². The lowest BCUT2D eigenvalue weighted by Crippen LogP contribution is -2.45. The molecule has 0 aliphatic carbocycles. The first-order valence-electron chi connectivity index (χ1n) is 5.71. The van der Waals surface area contributed by atoms with Crippen LogP contribution >= 0.6 is 0 Å². The Bertz CT molecular complexity index is 278. The van der Waals surface area contributed by atoms with E-state index in [1.165, 1.54) is 0 Å². The zero-order valence-electron chi connectivity index (χ0n) is 9.89. The summed E-state index contributed by atoms with van der Waals surface area (Å²) in [6.45, 7) is 2.78. The Kier molecular flexibility index (Phi) is 5.68. The molecule has 6 heteroatoms. The fourth-order valence-corrected chi connectivity index (χ4v) is 3.12. The van der Waals surface area contributed by atoms with Crippen molar-refractivity contribution in [3.05, 3.63) is 0 Å². The summed E-state index contributed by atoms with van der Waals surface area (Å²) in [5.41, 5.74) is 5.97. The van der Waals surface area contributed by atoms with Crippen molar-refractivity contribution < 1.29 is 13.2 Å². The summed E-state index contributed by atoms with van der Waals surface area (Å²) in [5.74, 6) is 0.551. The van der Waals surface area contributed by atoms with Crippen LogP contribution in [0.5, 0.6) is 0 Å². The van der Waals surface area contributed by atoms with Crippen LogP contribution in [0.1, 0.15) is 12.8 Å². The zero-order chi connectivity index (χ0) is 12.0. The molecule has 1 heterocycles.